The van der Waals surface area contributed by atoms with E-state index in [4.69, 9.17) is 0 Å². The van der Waals surface area contributed by atoms with Gasteiger partial charge in [-0.2, -0.15) is 5.10 Å². The molecule has 0 spiro atoms. The summed E-state index contributed by atoms with van der Waals surface area (Å²) in [5.41, 5.74) is 3.58. The van der Waals surface area contributed by atoms with Crippen LogP contribution in [0.15, 0.2) is 59.7 Å². The van der Waals surface area contributed by atoms with Crippen LogP contribution >= 0.6 is 0 Å². The summed E-state index contributed by atoms with van der Waals surface area (Å²) in [5, 5.41) is 23.7. The zero-order valence-electron chi connectivity index (χ0n) is 12.0. The van der Waals surface area contributed by atoms with Gasteiger partial charge in [-0.1, -0.05) is 24.3 Å². The number of nitrogens with zero attached hydrogens (tertiary/aromatic N) is 2. The summed E-state index contributed by atoms with van der Waals surface area (Å²) in [5.74, 6) is -0.525. The molecule has 1 amide bonds. The van der Waals surface area contributed by atoms with Crippen molar-refractivity contribution in [2.45, 2.75) is 0 Å². The van der Waals surface area contributed by atoms with Crippen molar-refractivity contribution in [1.82, 2.24) is 10.4 Å². The summed E-state index contributed by atoms with van der Waals surface area (Å²) in [7, 11) is 0. The number of phenols is 2. The maximum atomic E-state index is 12.0. The first-order valence-corrected chi connectivity index (χ1v) is 6.85. The van der Waals surface area contributed by atoms with E-state index in [2.05, 4.69) is 15.5 Å². The highest BCUT2D eigenvalue weighted by molar-refractivity contribution is 5.95. The van der Waals surface area contributed by atoms with E-state index < -0.39 is 5.91 Å². The summed E-state index contributed by atoms with van der Waals surface area (Å²) >= 11 is 0. The van der Waals surface area contributed by atoms with Crippen LogP contribution in [0.4, 0.5) is 0 Å². The maximum Gasteiger partial charge on any atom is 0.289 e. The second kappa shape index (κ2) is 6.15. The molecule has 0 aliphatic carbocycles. The Morgan fingerprint density at radius 1 is 1.09 bits per heavy atom. The van der Waals surface area contributed by atoms with Gasteiger partial charge in [0.2, 0.25) is 0 Å². The topological polar surface area (TPSA) is 94.8 Å². The first kappa shape index (κ1) is 14.5. The number of pyridine rings is 1. The second-order valence-corrected chi connectivity index (χ2v) is 4.83. The minimum Gasteiger partial charge on any atom is -0.508 e. The fraction of sp³-hybridized carbons (Fsp3) is 0. The zero-order valence-corrected chi connectivity index (χ0v) is 12.0. The van der Waals surface area contributed by atoms with Crippen LogP contribution in [0, 0.1) is 0 Å². The quantitative estimate of drug-likeness (QED) is 0.393. The highest BCUT2D eigenvalue weighted by Crippen LogP contribution is 2.20. The number of aromatic hydroxyl groups is 2. The van der Waals surface area contributed by atoms with E-state index >= 15 is 0 Å². The van der Waals surface area contributed by atoms with Gasteiger partial charge in [-0.05, 0) is 30.3 Å². The molecule has 0 saturated heterocycles. The third-order valence-electron chi connectivity index (χ3n) is 3.21. The molecule has 0 atom stereocenters. The first-order valence-electron chi connectivity index (χ1n) is 6.85. The first-order chi connectivity index (χ1) is 11.1. The molecule has 23 heavy (non-hydrogen) atoms. The number of carbonyl (C=O) groups excluding carboxylic acids is 1. The number of hydrogen-bond acceptors (Lipinski definition) is 5. The fourth-order valence-electron chi connectivity index (χ4n) is 2.06. The number of phenolic OH excluding ortho intramolecular Hbond substituents is 2. The lowest BCUT2D eigenvalue weighted by Crippen LogP contribution is -2.18. The molecule has 6 heteroatoms. The molecular formula is C17H13N3O3. The predicted molar refractivity (Wildman–Crippen MR) is 86.6 cm³/mol. The number of nitrogens with one attached hydrogen (secondary N) is 1. The van der Waals surface area contributed by atoms with E-state index in [1.54, 1.807) is 6.07 Å². The van der Waals surface area contributed by atoms with Crippen molar-refractivity contribution < 1.29 is 15.0 Å². The molecule has 0 aliphatic heterocycles. The van der Waals surface area contributed by atoms with Crippen LogP contribution in [-0.2, 0) is 0 Å². The Labute approximate surface area is 131 Å². The minimum atomic E-state index is -0.466. The van der Waals surface area contributed by atoms with Gasteiger partial charge in [0.1, 0.15) is 17.2 Å². The number of hydrazone groups is 1. The van der Waals surface area contributed by atoms with E-state index in [0.717, 1.165) is 10.9 Å². The maximum absolute atomic E-state index is 12.0. The number of para-hydroxylation sites is 1. The average Bonchev–Trinajstić information content (AvgIpc) is 2.57. The van der Waals surface area contributed by atoms with Crippen LogP contribution in [0.1, 0.15) is 16.1 Å². The molecule has 0 radical (unpaired) electrons. The summed E-state index contributed by atoms with van der Waals surface area (Å²) in [6, 6.07) is 14.9. The Hall–Kier alpha value is -3.41. The third kappa shape index (κ3) is 3.26. The minimum absolute atomic E-state index is 0.00762. The van der Waals surface area contributed by atoms with Gasteiger partial charge in [-0.3, -0.25) is 4.79 Å². The van der Waals surface area contributed by atoms with Crippen LogP contribution in [0.25, 0.3) is 10.9 Å². The zero-order chi connectivity index (χ0) is 16.2. The van der Waals surface area contributed by atoms with Crippen molar-refractivity contribution in [3.63, 3.8) is 0 Å². The molecule has 3 N–H and O–H groups in total. The molecule has 114 valence electrons. The van der Waals surface area contributed by atoms with Crippen molar-refractivity contribution in [3.05, 3.63) is 65.9 Å². The van der Waals surface area contributed by atoms with E-state index in [9.17, 15) is 15.0 Å². The Kier molecular flexibility index (Phi) is 3.88. The fourth-order valence-corrected chi connectivity index (χ4v) is 2.06. The lowest BCUT2D eigenvalue weighted by molar-refractivity contribution is 0.0950. The standard InChI is InChI=1S/C17H13N3O3/c21-13-6-8-16(22)12(9-13)10-18-20-17(23)15-7-5-11-3-1-2-4-14(11)19-15/h1-10,21-22H,(H,20,23)/b18-10+. The van der Waals surface area contributed by atoms with Gasteiger partial charge in [0.05, 0.1) is 11.7 Å². The lowest BCUT2D eigenvalue weighted by atomic mass is 10.2. The van der Waals surface area contributed by atoms with Gasteiger partial charge < -0.3 is 10.2 Å². The average molecular weight is 307 g/mol. The van der Waals surface area contributed by atoms with E-state index in [-0.39, 0.29) is 22.8 Å². The summed E-state index contributed by atoms with van der Waals surface area (Å²) < 4.78 is 0. The summed E-state index contributed by atoms with van der Waals surface area (Å²) in [4.78, 5) is 16.3. The molecular weight excluding hydrogens is 294 g/mol. The molecule has 3 rings (SSSR count). The molecule has 0 aliphatic rings. The Balaban J connectivity index is 1.75. The number of aromatic nitrogens is 1. The second-order valence-electron chi connectivity index (χ2n) is 4.83. The summed E-state index contributed by atoms with van der Waals surface area (Å²) in [6.45, 7) is 0. The summed E-state index contributed by atoms with van der Waals surface area (Å²) in [6.07, 6.45) is 1.24. The number of rotatable bonds is 3. The van der Waals surface area contributed by atoms with Crippen LogP contribution in [-0.4, -0.2) is 27.3 Å². The smallest absolute Gasteiger partial charge is 0.289 e. The number of hydrogen-bond donors (Lipinski definition) is 3. The van der Waals surface area contributed by atoms with Gasteiger partial charge in [-0.15, -0.1) is 0 Å². The molecule has 0 bridgehead atoms. The number of carbonyl (C=O) groups is 1. The lowest BCUT2D eigenvalue weighted by Gasteiger charge is -2.02. The number of benzene rings is 2. The monoisotopic (exact) mass is 307 g/mol. The van der Waals surface area contributed by atoms with Crippen LogP contribution < -0.4 is 5.43 Å². The molecule has 6 nitrogen and oxygen atoms in total. The van der Waals surface area contributed by atoms with E-state index in [1.807, 2.05) is 30.3 Å². The van der Waals surface area contributed by atoms with Crippen molar-refractivity contribution in [3.8, 4) is 11.5 Å². The normalized spacial score (nSPS) is 11.0. The molecule has 2 aromatic carbocycles. The highest BCUT2D eigenvalue weighted by atomic mass is 16.3. The largest absolute Gasteiger partial charge is 0.508 e. The van der Waals surface area contributed by atoms with Gasteiger partial charge in [-0.25, -0.2) is 10.4 Å². The Bertz CT molecular complexity index is 906. The molecule has 3 aromatic rings. The van der Waals surface area contributed by atoms with E-state index in [0.29, 0.717) is 0 Å². The third-order valence-corrected chi connectivity index (χ3v) is 3.21. The van der Waals surface area contributed by atoms with Crippen molar-refractivity contribution in [2.24, 2.45) is 5.10 Å². The Morgan fingerprint density at radius 3 is 2.78 bits per heavy atom. The number of amides is 1. The molecule has 0 fully saturated rings. The predicted octanol–water partition coefficient (Wildman–Crippen LogP) is 2.41. The van der Waals surface area contributed by atoms with Gasteiger partial charge in [0.15, 0.2) is 0 Å². The molecule has 1 heterocycles. The SMILES string of the molecule is O=C(N/N=C/c1cc(O)ccc1O)c1ccc2ccccc2n1. The van der Waals surface area contributed by atoms with Crippen molar-refractivity contribution in [2.75, 3.05) is 0 Å². The Morgan fingerprint density at radius 2 is 1.91 bits per heavy atom. The van der Waals surface area contributed by atoms with Crippen LogP contribution in [0.2, 0.25) is 0 Å². The number of fused-ring (bicyclic) bond motifs is 1. The van der Waals surface area contributed by atoms with Gasteiger partial charge in [0, 0.05) is 10.9 Å². The molecule has 0 saturated carbocycles. The van der Waals surface area contributed by atoms with Gasteiger partial charge >= 0.3 is 0 Å². The van der Waals surface area contributed by atoms with Crippen molar-refractivity contribution in [1.29, 1.82) is 0 Å². The van der Waals surface area contributed by atoms with Crippen LogP contribution in [0.5, 0.6) is 11.5 Å². The van der Waals surface area contributed by atoms with Crippen molar-refractivity contribution >= 4 is 23.0 Å². The van der Waals surface area contributed by atoms with Gasteiger partial charge in [0.25, 0.3) is 5.91 Å². The van der Waals surface area contributed by atoms with E-state index in [1.165, 1.54) is 24.4 Å². The highest BCUT2D eigenvalue weighted by Gasteiger charge is 2.07. The van der Waals surface area contributed by atoms with Crippen LogP contribution in [0.3, 0.4) is 0 Å². The molecule has 1 aromatic heterocycles. The molecule has 0 unspecified atom stereocenters.